The summed E-state index contributed by atoms with van der Waals surface area (Å²) < 4.78 is 5.46. The molecule has 1 saturated heterocycles. The second kappa shape index (κ2) is 7.61. The molecule has 0 spiro atoms. The monoisotopic (exact) mass is 341 g/mol. The first-order valence-electron chi connectivity index (χ1n) is 8.70. The van der Waals surface area contributed by atoms with E-state index in [0.29, 0.717) is 17.1 Å². The number of carbonyl (C=O) groups excluding carboxylic acids is 1. The van der Waals surface area contributed by atoms with Crippen LogP contribution in [0.2, 0.25) is 0 Å². The van der Waals surface area contributed by atoms with E-state index in [1.165, 1.54) is 0 Å². The summed E-state index contributed by atoms with van der Waals surface area (Å²) in [6.45, 7) is 5.58. The van der Waals surface area contributed by atoms with Crippen LogP contribution in [-0.4, -0.2) is 24.0 Å². The number of anilines is 1. The number of amides is 1. The van der Waals surface area contributed by atoms with Crippen LogP contribution in [0.1, 0.15) is 52.9 Å². The third-order valence-corrected chi connectivity index (χ3v) is 4.57. The minimum Gasteiger partial charge on any atom is -0.427 e. The van der Waals surface area contributed by atoms with Gasteiger partial charge in [0.05, 0.1) is 0 Å². The van der Waals surface area contributed by atoms with E-state index in [2.05, 4.69) is 15.6 Å². The van der Waals surface area contributed by atoms with Gasteiger partial charge in [0.2, 0.25) is 0 Å². The number of hydrogen-bond acceptors (Lipinski definition) is 5. The zero-order chi connectivity index (χ0) is 17.8. The minimum absolute atomic E-state index is 0.0382. The van der Waals surface area contributed by atoms with E-state index in [-0.39, 0.29) is 11.5 Å². The van der Waals surface area contributed by atoms with Crippen LogP contribution in [0.15, 0.2) is 33.6 Å². The molecule has 6 heteroatoms. The Morgan fingerprint density at radius 3 is 2.96 bits per heavy atom. The van der Waals surface area contributed by atoms with Gasteiger partial charge in [-0.15, -0.1) is 0 Å². The van der Waals surface area contributed by atoms with Crippen molar-refractivity contribution in [2.75, 3.05) is 18.4 Å². The van der Waals surface area contributed by atoms with Crippen LogP contribution in [0, 0.1) is 6.92 Å². The molecule has 1 aliphatic heterocycles. The minimum atomic E-state index is -0.593. The fourth-order valence-electron chi connectivity index (χ4n) is 3.14. The van der Waals surface area contributed by atoms with Crippen molar-refractivity contribution in [3.8, 4) is 0 Å². The molecule has 2 aromatic rings. The Morgan fingerprint density at radius 1 is 1.44 bits per heavy atom. The molecular weight excluding hydrogens is 318 g/mol. The second-order valence-corrected chi connectivity index (χ2v) is 6.39. The highest BCUT2D eigenvalue weighted by Crippen LogP contribution is 2.23. The molecule has 0 saturated carbocycles. The molecule has 2 N–H and O–H groups in total. The predicted octanol–water partition coefficient (Wildman–Crippen LogP) is 2.62. The van der Waals surface area contributed by atoms with Crippen LogP contribution in [0.5, 0.6) is 0 Å². The van der Waals surface area contributed by atoms with Gasteiger partial charge in [-0.2, -0.15) is 0 Å². The first-order chi connectivity index (χ1) is 12.1. The van der Waals surface area contributed by atoms with Crippen LogP contribution < -0.4 is 16.3 Å². The van der Waals surface area contributed by atoms with Crippen molar-refractivity contribution >= 4 is 11.7 Å². The van der Waals surface area contributed by atoms with Gasteiger partial charge < -0.3 is 15.1 Å². The van der Waals surface area contributed by atoms with Crippen LogP contribution in [0.4, 0.5) is 5.82 Å². The molecular formula is C19H23N3O3. The molecule has 0 bridgehead atoms. The molecule has 3 heterocycles. The third-order valence-electron chi connectivity index (χ3n) is 4.57. The van der Waals surface area contributed by atoms with Gasteiger partial charge in [0.25, 0.3) is 5.91 Å². The molecule has 1 atom stereocenters. The Kier molecular flexibility index (Phi) is 5.28. The number of hydrogen-bond donors (Lipinski definition) is 2. The number of aromatic nitrogens is 1. The standard InChI is InChI=1S/C19H23N3O3/c1-3-13-6-8-21-16(10-13)22-18(23)17-12(2)9-15(25-19(17)24)14-5-4-7-20-11-14/h6,8-10,14,20H,3-5,7,11H2,1-2H3,(H,21,22,23). The summed E-state index contributed by atoms with van der Waals surface area (Å²) in [4.78, 5) is 29.0. The zero-order valence-corrected chi connectivity index (χ0v) is 14.6. The van der Waals surface area contributed by atoms with Crippen molar-refractivity contribution in [2.45, 2.75) is 39.0 Å². The van der Waals surface area contributed by atoms with Gasteiger partial charge in [0, 0.05) is 18.7 Å². The first-order valence-corrected chi connectivity index (χ1v) is 8.70. The quantitative estimate of drug-likeness (QED) is 0.893. The molecule has 0 aromatic carbocycles. The van der Waals surface area contributed by atoms with E-state index in [1.54, 1.807) is 19.2 Å². The molecule has 132 valence electrons. The molecule has 0 aliphatic carbocycles. The molecule has 2 aromatic heterocycles. The van der Waals surface area contributed by atoms with Crippen LogP contribution in [0.25, 0.3) is 0 Å². The molecule has 25 heavy (non-hydrogen) atoms. The smallest absolute Gasteiger partial charge is 0.349 e. The summed E-state index contributed by atoms with van der Waals surface area (Å²) in [7, 11) is 0. The number of pyridine rings is 1. The number of piperidine rings is 1. The van der Waals surface area contributed by atoms with E-state index in [0.717, 1.165) is 37.9 Å². The Hall–Kier alpha value is -2.47. The normalized spacial score (nSPS) is 17.3. The summed E-state index contributed by atoms with van der Waals surface area (Å²) in [5, 5.41) is 5.99. The molecule has 0 radical (unpaired) electrons. The van der Waals surface area contributed by atoms with E-state index >= 15 is 0 Å². The average Bonchev–Trinajstić information content (AvgIpc) is 2.62. The second-order valence-electron chi connectivity index (χ2n) is 6.39. The van der Waals surface area contributed by atoms with Crippen molar-refractivity contribution < 1.29 is 9.21 Å². The molecule has 3 rings (SSSR count). The Balaban J connectivity index is 1.83. The van der Waals surface area contributed by atoms with Gasteiger partial charge in [-0.25, -0.2) is 9.78 Å². The zero-order valence-electron chi connectivity index (χ0n) is 14.6. The maximum Gasteiger partial charge on any atom is 0.349 e. The van der Waals surface area contributed by atoms with Crippen molar-refractivity contribution in [1.29, 1.82) is 0 Å². The van der Waals surface area contributed by atoms with Gasteiger partial charge in [-0.3, -0.25) is 4.79 Å². The summed E-state index contributed by atoms with van der Waals surface area (Å²) >= 11 is 0. The number of aryl methyl sites for hydroxylation is 2. The third kappa shape index (κ3) is 3.96. The van der Waals surface area contributed by atoms with Gasteiger partial charge in [-0.1, -0.05) is 6.92 Å². The lowest BCUT2D eigenvalue weighted by molar-refractivity contribution is 0.102. The first kappa shape index (κ1) is 17.4. The number of rotatable bonds is 4. The van der Waals surface area contributed by atoms with Crippen molar-refractivity contribution in [1.82, 2.24) is 10.3 Å². The van der Waals surface area contributed by atoms with Crippen LogP contribution >= 0.6 is 0 Å². The number of nitrogens with zero attached hydrogens (tertiary/aromatic N) is 1. The largest absolute Gasteiger partial charge is 0.427 e. The Labute approximate surface area is 146 Å². The van der Waals surface area contributed by atoms with E-state index < -0.39 is 11.5 Å². The summed E-state index contributed by atoms with van der Waals surface area (Å²) in [5.41, 5.74) is 1.14. The maximum absolute atomic E-state index is 12.5. The average molecular weight is 341 g/mol. The highest BCUT2D eigenvalue weighted by atomic mass is 16.4. The summed E-state index contributed by atoms with van der Waals surface area (Å²) in [5.74, 6) is 0.779. The fraction of sp³-hybridized carbons (Fsp3) is 0.421. The van der Waals surface area contributed by atoms with E-state index in [4.69, 9.17) is 4.42 Å². The van der Waals surface area contributed by atoms with Crippen LogP contribution in [0.3, 0.4) is 0 Å². The molecule has 1 fully saturated rings. The van der Waals surface area contributed by atoms with Gasteiger partial charge in [0.1, 0.15) is 17.1 Å². The van der Waals surface area contributed by atoms with Crippen molar-refractivity contribution in [3.05, 3.63) is 57.3 Å². The molecule has 1 unspecified atom stereocenters. The SMILES string of the molecule is CCc1ccnc(NC(=O)c2c(C)cc(C3CCCNC3)oc2=O)c1. The lowest BCUT2D eigenvalue weighted by Crippen LogP contribution is -2.30. The Morgan fingerprint density at radius 2 is 2.28 bits per heavy atom. The Bertz CT molecular complexity index is 823. The highest BCUT2D eigenvalue weighted by molar-refractivity contribution is 6.04. The molecule has 1 aliphatic rings. The highest BCUT2D eigenvalue weighted by Gasteiger charge is 2.22. The topological polar surface area (TPSA) is 84.2 Å². The van der Waals surface area contributed by atoms with Crippen molar-refractivity contribution in [2.24, 2.45) is 0 Å². The number of nitrogens with one attached hydrogen (secondary N) is 2. The maximum atomic E-state index is 12.5. The fourth-order valence-corrected chi connectivity index (χ4v) is 3.14. The predicted molar refractivity (Wildman–Crippen MR) is 96.1 cm³/mol. The lowest BCUT2D eigenvalue weighted by atomic mass is 9.95. The lowest BCUT2D eigenvalue weighted by Gasteiger charge is -2.22. The number of carbonyl (C=O) groups is 1. The van der Waals surface area contributed by atoms with E-state index in [1.807, 2.05) is 19.1 Å². The molecule has 6 nitrogen and oxygen atoms in total. The van der Waals surface area contributed by atoms with Gasteiger partial charge in [0.15, 0.2) is 0 Å². The van der Waals surface area contributed by atoms with Gasteiger partial charge in [-0.05, 0) is 62.1 Å². The molecule has 1 amide bonds. The summed E-state index contributed by atoms with van der Waals surface area (Å²) in [6.07, 6.45) is 4.52. The van der Waals surface area contributed by atoms with Crippen molar-refractivity contribution in [3.63, 3.8) is 0 Å². The van der Waals surface area contributed by atoms with E-state index in [9.17, 15) is 9.59 Å². The van der Waals surface area contributed by atoms with Gasteiger partial charge >= 0.3 is 5.63 Å². The summed E-state index contributed by atoms with van der Waals surface area (Å²) in [6, 6.07) is 5.50. The van der Waals surface area contributed by atoms with Crippen LogP contribution in [-0.2, 0) is 6.42 Å².